The van der Waals surface area contributed by atoms with Gasteiger partial charge in [-0.2, -0.15) is 0 Å². The van der Waals surface area contributed by atoms with Gasteiger partial charge < -0.3 is 10.5 Å². The Kier molecular flexibility index (Phi) is 3.82. The van der Waals surface area contributed by atoms with Crippen molar-refractivity contribution in [3.63, 3.8) is 0 Å². The smallest absolute Gasteiger partial charge is 0.122 e. The Morgan fingerprint density at radius 1 is 1.29 bits per heavy atom. The van der Waals surface area contributed by atoms with Gasteiger partial charge in [0.15, 0.2) is 0 Å². The molecule has 0 amide bonds. The highest BCUT2D eigenvalue weighted by atomic mass is 79.9. The molecule has 1 aliphatic rings. The van der Waals surface area contributed by atoms with Crippen LogP contribution in [0.4, 0.5) is 0 Å². The molecule has 2 N–H and O–H groups in total. The fourth-order valence-electron chi connectivity index (χ4n) is 1.46. The molecule has 0 aliphatic heterocycles. The van der Waals surface area contributed by atoms with Crippen LogP contribution >= 0.6 is 15.9 Å². The summed E-state index contributed by atoms with van der Waals surface area (Å²) in [7, 11) is 0. The number of nitrogens with two attached hydrogens (primary N) is 1. The quantitative estimate of drug-likeness (QED) is 0.525. The Morgan fingerprint density at radius 2 is 2.06 bits per heavy atom. The maximum atomic E-state index is 5.87. The van der Waals surface area contributed by atoms with E-state index in [4.69, 9.17) is 10.5 Å². The van der Waals surface area contributed by atoms with Crippen LogP contribution in [0.5, 0.6) is 0 Å². The summed E-state index contributed by atoms with van der Waals surface area (Å²) < 4.78 is 5.07. The number of rotatable bonds is 3. The number of allylic oxidation sites excluding steroid dienone is 1. The monoisotopic (exact) mass is 291 g/mol. The highest BCUT2D eigenvalue weighted by Gasteiger charge is 2.18. The molecule has 0 bridgehead atoms. The van der Waals surface area contributed by atoms with Crippen LogP contribution in [0.25, 0.3) is 6.08 Å². The van der Waals surface area contributed by atoms with Crippen LogP contribution in [0.15, 0.2) is 60.6 Å². The second-order valence-electron chi connectivity index (χ2n) is 3.90. The fourth-order valence-corrected chi connectivity index (χ4v) is 1.75. The lowest BCUT2D eigenvalue weighted by atomic mass is 10.1. The molecular formula is C14H14BrNO. The minimum atomic E-state index is -0.428. The lowest BCUT2D eigenvalue weighted by Gasteiger charge is -2.19. The molecule has 0 saturated heterocycles. The minimum Gasteiger partial charge on any atom is -0.465 e. The number of halogens is 1. The largest absolute Gasteiger partial charge is 0.465 e. The van der Waals surface area contributed by atoms with Gasteiger partial charge in [0.05, 0.1) is 10.7 Å². The van der Waals surface area contributed by atoms with Gasteiger partial charge in [0.1, 0.15) is 5.76 Å². The zero-order valence-electron chi connectivity index (χ0n) is 9.34. The zero-order chi connectivity index (χ0) is 12.1. The van der Waals surface area contributed by atoms with E-state index in [0.717, 1.165) is 17.7 Å². The number of alkyl halides is 1. The predicted molar refractivity (Wildman–Crippen MR) is 74.2 cm³/mol. The molecule has 1 atom stereocenters. The SMILES string of the molecule is NC1(Br)C=CC(OC=Cc2ccccc2)=CC1. The summed E-state index contributed by atoms with van der Waals surface area (Å²) in [5.41, 5.74) is 6.98. The third-order valence-corrected chi connectivity index (χ3v) is 2.99. The molecule has 0 radical (unpaired) electrons. The van der Waals surface area contributed by atoms with Crippen molar-refractivity contribution < 1.29 is 4.74 Å². The topological polar surface area (TPSA) is 35.2 Å². The van der Waals surface area contributed by atoms with E-state index in [1.54, 1.807) is 6.26 Å². The highest BCUT2D eigenvalue weighted by molar-refractivity contribution is 9.10. The number of hydrogen-bond donors (Lipinski definition) is 1. The standard InChI is InChI=1S/C14H14BrNO/c15-14(16)9-6-13(7-10-14)17-11-8-12-4-2-1-3-5-12/h1-9,11H,10,16H2. The van der Waals surface area contributed by atoms with E-state index in [1.165, 1.54) is 0 Å². The second kappa shape index (κ2) is 5.34. The summed E-state index contributed by atoms with van der Waals surface area (Å²) >= 11 is 3.40. The molecule has 2 rings (SSSR count). The van der Waals surface area contributed by atoms with Gasteiger partial charge in [0, 0.05) is 6.42 Å². The predicted octanol–water partition coefficient (Wildman–Crippen LogP) is 3.57. The molecule has 1 aromatic carbocycles. The third kappa shape index (κ3) is 3.88. The molecule has 17 heavy (non-hydrogen) atoms. The molecule has 88 valence electrons. The van der Waals surface area contributed by atoms with Gasteiger partial charge in [-0.3, -0.25) is 0 Å². The average Bonchev–Trinajstić information content (AvgIpc) is 2.33. The first-order valence-electron chi connectivity index (χ1n) is 5.41. The van der Waals surface area contributed by atoms with Crippen molar-refractivity contribution in [1.82, 2.24) is 0 Å². The molecule has 0 saturated carbocycles. The van der Waals surface area contributed by atoms with Gasteiger partial charge in [-0.1, -0.05) is 52.3 Å². The van der Waals surface area contributed by atoms with E-state index < -0.39 is 4.45 Å². The summed E-state index contributed by atoms with van der Waals surface area (Å²) in [6.45, 7) is 0. The van der Waals surface area contributed by atoms with Crippen molar-refractivity contribution in [2.24, 2.45) is 5.73 Å². The first-order chi connectivity index (χ1) is 8.16. The Balaban J connectivity index is 1.90. The number of hydrogen-bond acceptors (Lipinski definition) is 2. The molecule has 1 aromatic rings. The van der Waals surface area contributed by atoms with Crippen molar-refractivity contribution in [3.05, 3.63) is 66.1 Å². The van der Waals surface area contributed by atoms with Crippen molar-refractivity contribution >= 4 is 22.0 Å². The highest BCUT2D eigenvalue weighted by Crippen LogP contribution is 2.24. The second-order valence-corrected chi connectivity index (χ2v) is 5.38. The van der Waals surface area contributed by atoms with Crippen LogP contribution in [0.3, 0.4) is 0 Å². The first-order valence-corrected chi connectivity index (χ1v) is 6.20. The summed E-state index contributed by atoms with van der Waals surface area (Å²) in [6.07, 6.45) is 10.0. The average molecular weight is 292 g/mol. The van der Waals surface area contributed by atoms with E-state index in [0.29, 0.717) is 0 Å². The van der Waals surface area contributed by atoms with Crippen molar-refractivity contribution in [3.8, 4) is 0 Å². The molecule has 2 nitrogen and oxygen atoms in total. The van der Waals surface area contributed by atoms with Gasteiger partial charge in [0.25, 0.3) is 0 Å². The molecule has 1 aliphatic carbocycles. The molecule has 1 unspecified atom stereocenters. The molecule has 0 spiro atoms. The third-order valence-electron chi connectivity index (χ3n) is 2.40. The molecule has 0 heterocycles. The van der Waals surface area contributed by atoms with Crippen molar-refractivity contribution in [1.29, 1.82) is 0 Å². The summed E-state index contributed by atoms with van der Waals surface area (Å²) in [5, 5.41) is 0. The lowest BCUT2D eigenvalue weighted by Crippen LogP contribution is -2.30. The lowest BCUT2D eigenvalue weighted by molar-refractivity contribution is 0.365. The summed E-state index contributed by atoms with van der Waals surface area (Å²) in [4.78, 5) is 0. The number of ether oxygens (including phenoxy) is 1. The Bertz CT molecular complexity index is 460. The van der Waals surface area contributed by atoms with Gasteiger partial charge in [-0.15, -0.1) is 0 Å². The van der Waals surface area contributed by atoms with Crippen LogP contribution in [0.1, 0.15) is 12.0 Å². The first kappa shape index (κ1) is 12.1. The van der Waals surface area contributed by atoms with Crippen molar-refractivity contribution in [2.75, 3.05) is 0 Å². The number of benzene rings is 1. The molecule has 3 heteroatoms. The van der Waals surface area contributed by atoms with Gasteiger partial charge in [-0.25, -0.2) is 0 Å². The van der Waals surface area contributed by atoms with E-state index >= 15 is 0 Å². The fraction of sp³-hybridized carbons (Fsp3) is 0.143. The van der Waals surface area contributed by atoms with Crippen LogP contribution < -0.4 is 5.73 Å². The molecule has 0 fully saturated rings. The van der Waals surface area contributed by atoms with E-state index in [2.05, 4.69) is 15.9 Å². The van der Waals surface area contributed by atoms with E-state index in [9.17, 15) is 0 Å². The minimum absolute atomic E-state index is 0.428. The maximum absolute atomic E-state index is 5.87. The van der Waals surface area contributed by atoms with Gasteiger partial charge in [-0.05, 0) is 23.8 Å². The Hall–Kier alpha value is -1.32. The summed E-state index contributed by atoms with van der Waals surface area (Å²) in [5.74, 6) is 0.817. The molecular weight excluding hydrogens is 278 g/mol. The maximum Gasteiger partial charge on any atom is 0.122 e. The Morgan fingerprint density at radius 3 is 2.71 bits per heavy atom. The zero-order valence-corrected chi connectivity index (χ0v) is 10.9. The van der Waals surface area contributed by atoms with Gasteiger partial charge in [0.2, 0.25) is 0 Å². The van der Waals surface area contributed by atoms with E-state index in [-0.39, 0.29) is 0 Å². The van der Waals surface area contributed by atoms with Gasteiger partial charge >= 0.3 is 0 Å². The van der Waals surface area contributed by atoms with Crippen LogP contribution in [-0.2, 0) is 4.74 Å². The normalized spacial score (nSPS) is 23.8. The molecule has 0 aromatic heterocycles. The van der Waals surface area contributed by atoms with Crippen LogP contribution in [0, 0.1) is 0 Å². The Labute approximate surface area is 110 Å². The summed E-state index contributed by atoms with van der Waals surface area (Å²) in [6, 6.07) is 10.0. The van der Waals surface area contributed by atoms with Crippen molar-refractivity contribution in [2.45, 2.75) is 10.9 Å². The van der Waals surface area contributed by atoms with E-state index in [1.807, 2.05) is 54.6 Å². The van der Waals surface area contributed by atoms with Crippen LogP contribution in [-0.4, -0.2) is 4.45 Å². The van der Waals surface area contributed by atoms with Crippen LogP contribution in [0.2, 0.25) is 0 Å².